The maximum Gasteiger partial charge on any atom is 0.306 e. The number of esters is 3. The van der Waals surface area contributed by atoms with Crippen LogP contribution in [0, 0.1) is 0 Å². The monoisotopic (exact) mass is 915 g/mol. The molecule has 1 unspecified atom stereocenters. The number of ether oxygens (including phenoxy) is 3. The topological polar surface area (TPSA) is 78.9 Å². The normalized spacial score (nSPS) is 13.0. The molecule has 0 saturated heterocycles. The molecule has 0 aromatic carbocycles. The number of carbonyl (C=O) groups is 3. The van der Waals surface area contributed by atoms with E-state index in [1.54, 1.807) is 0 Å². The van der Waals surface area contributed by atoms with E-state index in [0.29, 0.717) is 12.8 Å². The third-order valence-corrected chi connectivity index (χ3v) is 11.0. The van der Waals surface area contributed by atoms with Gasteiger partial charge in [0.25, 0.3) is 0 Å². The first-order chi connectivity index (χ1) is 32.5. The van der Waals surface area contributed by atoms with E-state index >= 15 is 0 Å². The first-order valence-corrected chi connectivity index (χ1v) is 26.9. The van der Waals surface area contributed by atoms with Crippen molar-refractivity contribution in [3.05, 3.63) is 109 Å². The molecule has 6 nitrogen and oxygen atoms in total. The van der Waals surface area contributed by atoms with E-state index in [-0.39, 0.29) is 44.0 Å². The van der Waals surface area contributed by atoms with Gasteiger partial charge in [0.05, 0.1) is 0 Å². The van der Waals surface area contributed by atoms with E-state index in [4.69, 9.17) is 14.2 Å². The fourth-order valence-corrected chi connectivity index (χ4v) is 7.03. The van der Waals surface area contributed by atoms with Crippen molar-refractivity contribution >= 4 is 17.9 Å². The number of rotatable bonds is 47. The van der Waals surface area contributed by atoms with Crippen molar-refractivity contribution in [1.82, 2.24) is 0 Å². The zero-order chi connectivity index (χ0) is 47.9. The van der Waals surface area contributed by atoms with Gasteiger partial charge in [-0.2, -0.15) is 0 Å². The van der Waals surface area contributed by atoms with E-state index in [0.717, 1.165) is 103 Å². The summed E-state index contributed by atoms with van der Waals surface area (Å²) in [5.74, 6) is -1.03. The van der Waals surface area contributed by atoms with Crippen LogP contribution >= 0.6 is 0 Å². The minimum absolute atomic E-state index is 0.114. The standard InChI is InChI=1S/C60H98O6/c1-4-7-10-13-16-19-22-25-27-29-31-32-35-38-41-44-47-50-53-59(62)65-56-57(55-64-58(61)52-49-46-43-40-37-34-24-21-18-15-12-9-6-3)66-60(63)54-51-48-45-42-39-36-33-30-28-26-23-20-17-14-11-8-5-2/h8-9,11-12,17-18,20-21,26-29,33-34,36-37,43,46,57H,4-7,10,13-16,19,22-25,30-32,35,38-42,44-45,47-56H2,1-3H3/b11-8-,12-9-,20-17-,21-18-,28-26-,29-27-,36-33-,37-34-,46-43-. The molecule has 0 aliphatic heterocycles. The SMILES string of the molecule is CC/C=C\C/C=C\C/C=C\C/C=C\CCCCCCC(=O)OC(COC(=O)CC/C=C\C/C=C\C/C=C\C/C=C\CC)COC(=O)CCCCCCCCC/C=C\CCCCCCCCC. The molecule has 0 aromatic heterocycles. The van der Waals surface area contributed by atoms with Crippen molar-refractivity contribution in [2.75, 3.05) is 13.2 Å². The molecule has 66 heavy (non-hydrogen) atoms. The molecular weight excluding hydrogens is 817 g/mol. The molecule has 0 amide bonds. The average molecular weight is 915 g/mol. The lowest BCUT2D eigenvalue weighted by Crippen LogP contribution is -2.30. The summed E-state index contributed by atoms with van der Waals surface area (Å²) in [5, 5.41) is 0. The van der Waals surface area contributed by atoms with Gasteiger partial charge >= 0.3 is 17.9 Å². The highest BCUT2D eigenvalue weighted by atomic mass is 16.6. The van der Waals surface area contributed by atoms with Crippen LogP contribution in [0.1, 0.15) is 233 Å². The molecule has 374 valence electrons. The lowest BCUT2D eigenvalue weighted by Gasteiger charge is -2.18. The Morgan fingerprint density at radius 2 is 0.621 bits per heavy atom. The third-order valence-electron chi connectivity index (χ3n) is 11.0. The van der Waals surface area contributed by atoms with Crippen LogP contribution in [0.4, 0.5) is 0 Å². The van der Waals surface area contributed by atoms with Crippen molar-refractivity contribution in [1.29, 1.82) is 0 Å². The van der Waals surface area contributed by atoms with Crippen LogP contribution in [0.2, 0.25) is 0 Å². The zero-order valence-corrected chi connectivity index (χ0v) is 42.7. The summed E-state index contributed by atoms with van der Waals surface area (Å²) < 4.78 is 16.7. The van der Waals surface area contributed by atoms with Crippen molar-refractivity contribution < 1.29 is 28.6 Å². The second-order valence-electron chi connectivity index (χ2n) is 17.4. The molecule has 0 N–H and O–H groups in total. The average Bonchev–Trinajstić information content (AvgIpc) is 3.31. The van der Waals surface area contributed by atoms with Crippen LogP contribution in [0.3, 0.4) is 0 Å². The predicted octanol–water partition coefficient (Wildman–Crippen LogP) is 17.9. The molecule has 0 rings (SSSR count). The third kappa shape index (κ3) is 51.1. The van der Waals surface area contributed by atoms with Crippen molar-refractivity contribution in [2.24, 2.45) is 0 Å². The van der Waals surface area contributed by atoms with Gasteiger partial charge in [0.2, 0.25) is 0 Å². The lowest BCUT2D eigenvalue weighted by atomic mass is 10.1. The second-order valence-corrected chi connectivity index (χ2v) is 17.4. The van der Waals surface area contributed by atoms with Crippen LogP contribution < -0.4 is 0 Å². The van der Waals surface area contributed by atoms with Gasteiger partial charge in [-0.15, -0.1) is 0 Å². The molecule has 0 saturated carbocycles. The van der Waals surface area contributed by atoms with E-state index in [9.17, 15) is 14.4 Å². The minimum atomic E-state index is -0.823. The molecule has 0 heterocycles. The van der Waals surface area contributed by atoms with Crippen LogP contribution in [-0.2, 0) is 28.6 Å². The van der Waals surface area contributed by atoms with E-state index < -0.39 is 6.10 Å². The highest BCUT2D eigenvalue weighted by molar-refractivity contribution is 5.71. The maximum absolute atomic E-state index is 12.8. The number of hydrogen-bond acceptors (Lipinski definition) is 6. The predicted molar refractivity (Wildman–Crippen MR) is 283 cm³/mol. The Labute approximate surface area is 406 Å². The number of unbranched alkanes of at least 4 members (excludes halogenated alkanes) is 18. The zero-order valence-electron chi connectivity index (χ0n) is 42.7. The number of carbonyl (C=O) groups excluding carboxylic acids is 3. The summed E-state index contributed by atoms with van der Waals surface area (Å²) in [6.07, 6.45) is 72.3. The summed E-state index contributed by atoms with van der Waals surface area (Å²) in [7, 11) is 0. The van der Waals surface area contributed by atoms with Crippen molar-refractivity contribution in [3.8, 4) is 0 Å². The van der Waals surface area contributed by atoms with Crippen molar-refractivity contribution in [3.63, 3.8) is 0 Å². The van der Waals surface area contributed by atoms with Crippen LogP contribution in [0.25, 0.3) is 0 Å². The number of hydrogen-bond donors (Lipinski definition) is 0. The molecular formula is C60H98O6. The maximum atomic E-state index is 12.8. The molecule has 0 aliphatic rings. The lowest BCUT2D eigenvalue weighted by molar-refractivity contribution is -0.166. The van der Waals surface area contributed by atoms with Gasteiger partial charge in [-0.1, -0.05) is 214 Å². The summed E-state index contributed by atoms with van der Waals surface area (Å²) >= 11 is 0. The summed E-state index contributed by atoms with van der Waals surface area (Å²) in [5.41, 5.74) is 0. The Kier molecular flexibility index (Phi) is 50.5. The Morgan fingerprint density at radius 1 is 0.318 bits per heavy atom. The Hall–Kier alpha value is -3.93. The van der Waals surface area contributed by atoms with Gasteiger partial charge in [0.1, 0.15) is 13.2 Å². The summed E-state index contributed by atoms with van der Waals surface area (Å²) in [6, 6.07) is 0. The Bertz CT molecular complexity index is 1370. The second kappa shape index (κ2) is 53.7. The Balaban J connectivity index is 4.50. The molecule has 0 radical (unpaired) electrons. The first kappa shape index (κ1) is 62.1. The van der Waals surface area contributed by atoms with Gasteiger partial charge in [-0.05, 0) is 109 Å². The van der Waals surface area contributed by atoms with Gasteiger partial charge in [-0.25, -0.2) is 0 Å². The molecule has 6 heteroatoms. The molecule has 1 atom stereocenters. The van der Waals surface area contributed by atoms with E-state index in [1.807, 2.05) is 12.2 Å². The van der Waals surface area contributed by atoms with Crippen LogP contribution in [-0.4, -0.2) is 37.2 Å². The smallest absolute Gasteiger partial charge is 0.306 e. The molecule has 0 fully saturated rings. The first-order valence-electron chi connectivity index (χ1n) is 26.9. The quantitative estimate of drug-likeness (QED) is 0.0262. The molecule has 0 bridgehead atoms. The molecule has 0 aromatic rings. The molecule has 0 aliphatic carbocycles. The highest BCUT2D eigenvalue weighted by Crippen LogP contribution is 2.13. The fraction of sp³-hybridized carbons (Fsp3) is 0.650. The summed E-state index contributed by atoms with van der Waals surface area (Å²) in [6.45, 7) is 6.31. The van der Waals surface area contributed by atoms with Gasteiger partial charge < -0.3 is 14.2 Å². The molecule has 0 spiro atoms. The van der Waals surface area contributed by atoms with Crippen LogP contribution in [0.5, 0.6) is 0 Å². The van der Waals surface area contributed by atoms with Gasteiger partial charge in [-0.3, -0.25) is 14.4 Å². The van der Waals surface area contributed by atoms with Gasteiger partial charge in [0, 0.05) is 19.3 Å². The fourth-order valence-electron chi connectivity index (χ4n) is 7.03. The Morgan fingerprint density at radius 3 is 1.03 bits per heavy atom. The number of allylic oxidation sites excluding steroid dienone is 18. The summed E-state index contributed by atoms with van der Waals surface area (Å²) in [4.78, 5) is 38.0. The largest absolute Gasteiger partial charge is 0.462 e. The van der Waals surface area contributed by atoms with Crippen molar-refractivity contribution in [2.45, 2.75) is 239 Å². The van der Waals surface area contributed by atoms with E-state index in [2.05, 4.69) is 118 Å². The van der Waals surface area contributed by atoms with Crippen LogP contribution in [0.15, 0.2) is 109 Å². The van der Waals surface area contributed by atoms with E-state index in [1.165, 1.54) is 83.5 Å². The minimum Gasteiger partial charge on any atom is -0.462 e. The van der Waals surface area contributed by atoms with Gasteiger partial charge in [0.15, 0.2) is 6.10 Å². The highest BCUT2D eigenvalue weighted by Gasteiger charge is 2.19.